The molecule has 2 aromatic carbocycles. The molecule has 0 saturated heterocycles. The van der Waals surface area contributed by atoms with Crippen LogP contribution in [0, 0.1) is 6.92 Å². The molecule has 0 saturated carbocycles. The molecule has 0 aromatic heterocycles. The highest BCUT2D eigenvalue weighted by Gasteiger charge is 2.13. The largest absolute Gasteiger partial charge is 0.508 e. The molecule has 116 valence electrons. The van der Waals surface area contributed by atoms with Crippen LogP contribution in [0.25, 0.3) is 0 Å². The van der Waals surface area contributed by atoms with Gasteiger partial charge in [-0.1, -0.05) is 0 Å². The van der Waals surface area contributed by atoms with Crippen LogP contribution in [0.2, 0.25) is 0 Å². The van der Waals surface area contributed by atoms with Gasteiger partial charge in [0.15, 0.2) is 11.5 Å². The molecule has 0 amide bonds. The average Bonchev–Trinajstić information content (AvgIpc) is 2.52. The van der Waals surface area contributed by atoms with Gasteiger partial charge >= 0.3 is 0 Å². The summed E-state index contributed by atoms with van der Waals surface area (Å²) < 4.78 is 15.8. The van der Waals surface area contributed by atoms with Crippen LogP contribution in [-0.4, -0.2) is 26.4 Å². The van der Waals surface area contributed by atoms with E-state index in [0.717, 1.165) is 5.56 Å². The fraction of sp³-hybridized carbons (Fsp3) is 0.250. The summed E-state index contributed by atoms with van der Waals surface area (Å²) in [6, 6.07) is 8.31. The zero-order chi connectivity index (χ0) is 16.1. The molecule has 0 bridgehead atoms. The fourth-order valence-electron chi connectivity index (χ4n) is 1.99. The first-order valence-electron chi connectivity index (χ1n) is 6.60. The topological polar surface area (TPSA) is 72.6 Å². The number of benzene rings is 2. The van der Waals surface area contributed by atoms with Gasteiger partial charge in [-0.3, -0.25) is 0 Å². The lowest BCUT2D eigenvalue weighted by molar-refractivity contribution is 0.324. The third-order valence-corrected chi connectivity index (χ3v) is 3.10. The molecule has 6 nitrogen and oxygen atoms in total. The predicted octanol–water partition coefficient (Wildman–Crippen LogP) is 4.14. The highest BCUT2D eigenvalue weighted by molar-refractivity contribution is 5.60. The number of aryl methyl sites for hydroxylation is 1. The van der Waals surface area contributed by atoms with Gasteiger partial charge in [-0.25, -0.2) is 0 Å². The quantitative estimate of drug-likeness (QED) is 0.842. The number of hydrogen-bond acceptors (Lipinski definition) is 6. The van der Waals surface area contributed by atoms with E-state index in [2.05, 4.69) is 10.2 Å². The molecular weight excluding hydrogens is 284 g/mol. The van der Waals surface area contributed by atoms with Crippen molar-refractivity contribution in [1.82, 2.24) is 0 Å². The molecule has 0 radical (unpaired) electrons. The Morgan fingerprint density at radius 3 is 2.00 bits per heavy atom. The number of rotatable bonds is 5. The predicted molar refractivity (Wildman–Crippen MR) is 83.1 cm³/mol. The number of phenolic OH excluding ortho intramolecular Hbond substituents is 1. The van der Waals surface area contributed by atoms with Crippen molar-refractivity contribution in [2.45, 2.75) is 6.92 Å². The van der Waals surface area contributed by atoms with Crippen molar-refractivity contribution in [3.05, 3.63) is 35.9 Å². The molecule has 22 heavy (non-hydrogen) atoms. The molecule has 0 atom stereocenters. The Bertz CT molecular complexity index is 674. The first kappa shape index (κ1) is 15.6. The molecule has 6 heteroatoms. The zero-order valence-electron chi connectivity index (χ0n) is 13.0. The Morgan fingerprint density at radius 1 is 0.864 bits per heavy atom. The molecule has 0 heterocycles. The number of hydrogen-bond donors (Lipinski definition) is 1. The van der Waals surface area contributed by atoms with E-state index in [4.69, 9.17) is 14.2 Å². The Kier molecular flexibility index (Phi) is 4.83. The average molecular weight is 302 g/mol. The third-order valence-electron chi connectivity index (χ3n) is 3.10. The van der Waals surface area contributed by atoms with Crippen molar-refractivity contribution in [2.24, 2.45) is 10.2 Å². The van der Waals surface area contributed by atoms with Crippen molar-refractivity contribution in [2.75, 3.05) is 21.3 Å². The van der Waals surface area contributed by atoms with Gasteiger partial charge in [0, 0.05) is 12.1 Å². The lowest BCUT2D eigenvalue weighted by Gasteiger charge is -2.12. The first-order valence-corrected chi connectivity index (χ1v) is 6.60. The van der Waals surface area contributed by atoms with E-state index in [1.807, 2.05) is 6.92 Å². The molecule has 1 N–H and O–H groups in total. The first-order chi connectivity index (χ1) is 10.6. The Balaban J connectivity index is 2.38. The van der Waals surface area contributed by atoms with Gasteiger partial charge in [0.1, 0.15) is 5.75 Å². The van der Waals surface area contributed by atoms with Gasteiger partial charge in [0.25, 0.3) is 0 Å². The summed E-state index contributed by atoms with van der Waals surface area (Å²) >= 11 is 0. The molecule has 0 unspecified atom stereocenters. The standard InChI is InChI=1S/C16H18N2O4/c1-10-7-12(19)5-6-13(10)18-17-11-8-14(20-2)16(22-4)15(9-11)21-3/h5-9,19H,1-4H3. The van der Waals surface area contributed by atoms with Crippen LogP contribution in [0.15, 0.2) is 40.6 Å². The van der Waals surface area contributed by atoms with E-state index in [1.165, 1.54) is 0 Å². The maximum Gasteiger partial charge on any atom is 0.203 e. The van der Waals surface area contributed by atoms with Gasteiger partial charge in [-0.2, -0.15) is 10.2 Å². The number of nitrogens with zero attached hydrogens (tertiary/aromatic N) is 2. The van der Waals surface area contributed by atoms with Crippen LogP contribution in [-0.2, 0) is 0 Å². The van der Waals surface area contributed by atoms with Crippen LogP contribution in [0.5, 0.6) is 23.0 Å². The van der Waals surface area contributed by atoms with E-state index in [1.54, 1.807) is 51.7 Å². The highest BCUT2D eigenvalue weighted by atomic mass is 16.5. The normalized spacial score (nSPS) is 10.7. The van der Waals surface area contributed by atoms with Crippen LogP contribution in [0.3, 0.4) is 0 Å². The summed E-state index contributed by atoms with van der Waals surface area (Å²) in [6.07, 6.45) is 0. The van der Waals surface area contributed by atoms with Crippen LogP contribution < -0.4 is 14.2 Å². The van der Waals surface area contributed by atoms with E-state index in [9.17, 15) is 5.11 Å². The maximum absolute atomic E-state index is 9.40. The minimum Gasteiger partial charge on any atom is -0.508 e. The maximum atomic E-state index is 9.40. The smallest absolute Gasteiger partial charge is 0.203 e. The second-order valence-corrected chi connectivity index (χ2v) is 4.55. The van der Waals surface area contributed by atoms with Gasteiger partial charge in [-0.05, 0) is 30.7 Å². The van der Waals surface area contributed by atoms with E-state index in [0.29, 0.717) is 28.6 Å². The summed E-state index contributed by atoms with van der Waals surface area (Å²) in [6.45, 7) is 1.85. The van der Waals surface area contributed by atoms with Crippen LogP contribution in [0.1, 0.15) is 5.56 Å². The molecule has 0 aliphatic heterocycles. The van der Waals surface area contributed by atoms with Crippen LogP contribution in [0.4, 0.5) is 11.4 Å². The van der Waals surface area contributed by atoms with Crippen molar-refractivity contribution in [1.29, 1.82) is 0 Å². The van der Waals surface area contributed by atoms with E-state index < -0.39 is 0 Å². The number of azo groups is 1. The monoisotopic (exact) mass is 302 g/mol. The van der Waals surface area contributed by atoms with E-state index in [-0.39, 0.29) is 5.75 Å². The lowest BCUT2D eigenvalue weighted by Crippen LogP contribution is -1.94. The molecular formula is C16H18N2O4. The van der Waals surface area contributed by atoms with Crippen molar-refractivity contribution >= 4 is 11.4 Å². The summed E-state index contributed by atoms with van der Waals surface area (Å²) in [5, 5.41) is 17.8. The Labute approximate surface area is 129 Å². The molecule has 0 aliphatic rings. The van der Waals surface area contributed by atoms with Gasteiger partial charge in [0.05, 0.1) is 32.7 Å². The Hall–Kier alpha value is -2.76. The Morgan fingerprint density at radius 2 is 1.50 bits per heavy atom. The summed E-state index contributed by atoms with van der Waals surface area (Å²) in [4.78, 5) is 0. The van der Waals surface area contributed by atoms with Gasteiger partial charge in [-0.15, -0.1) is 0 Å². The van der Waals surface area contributed by atoms with Gasteiger partial charge in [0.2, 0.25) is 5.75 Å². The summed E-state index contributed by atoms with van der Waals surface area (Å²) in [5.41, 5.74) is 2.07. The number of phenols is 1. The fourth-order valence-corrected chi connectivity index (χ4v) is 1.99. The minimum atomic E-state index is 0.198. The molecule has 2 rings (SSSR count). The number of ether oxygens (including phenoxy) is 3. The SMILES string of the molecule is COc1cc(N=Nc2ccc(O)cc2C)cc(OC)c1OC. The van der Waals surface area contributed by atoms with Crippen molar-refractivity contribution in [3.63, 3.8) is 0 Å². The molecule has 0 fully saturated rings. The number of aromatic hydroxyl groups is 1. The molecule has 0 spiro atoms. The minimum absolute atomic E-state index is 0.198. The number of methoxy groups -OCH3 is 3. The van der Waals surface area contributed by atoms with Crippen molar-refractivity contribution in [3.8, 4) is 23.0 Å². The van der Waals surface area contributed by atoms with Gasteiger partial charge < -0.3 is 19.3 Å². The molecule has 0 aliphatic carbocycles. The van der Waals surface area contributed by atoms with Crippen molar-refractivity contribution < 1.29 is 19.3 Å². The second kappa shape index (κ2) is 6.80. The zero-order valence-corrected chi connectivity index (χ0v) is 13.0. The highest BCUT2D eigenvalue weighted by Crippen LogP contribution is 2.41. The van der Waals surface area contributed by atoms with Crippen LogP contribution >= 0.6 is 0 Å². The molecule has 2 aromatic rings. The second-order valence-electron chi connectivity index (χ2n) is 4.55. The lowest BCUT2D eigenvalue weighted by atomic mass is 10.2. The summed E-state index contributed by atoms with van der Waals surface area (Å²) in [5.74, 6) is 1.73. The van der Waals surface area contributed by atoms with E-state index >= 15 is 0 Å². The summed E-state index contributed by atoms with van der Waals surface area (Å²) in [7, 11) is 4.63. The third kappa shape index (κ3) is 3.28.